The zero-order chi connectivity index (χ0) is 15.1. The molecule has 0 spiro atoms. The number of rotatable bonds is 2. The number of likely N-dealkylation sites (tertiary alicyclic amines) is 1. The molecule has 0 unspecified atom stereocenters. The smallest absolute Gasteiger partial charge is 0.273 e. The molecule has 1 N–H and O–H groups in total. The molecular formula is C16H18Cl3N3OS. The van der Waals surface area contributed by atoms with Gasteiger partial charge in [0.05, 0.1) is 0 Å². The van der Waals surface area contributed by atoms with Gasteiger partial charge in [-0.25, -0.2) is 4.98 Å². The fourth-order valence-corrected chi connectivity index (χ4v) is 4.21. The molecule has 2 aliphatic heterocycles. The van der Waals surface area contributed by atoms with Crippen LogP contribution in [-0.4, -0.2) is 42.0 Å². The maximum Gasteiger partial charge on any atom is 0.273 e. The number of aromatic nitrogens is 1. The third kappa shape index (κ3) is 3.70. The van der Waals surface area contributed by atoms with E-state index >= 15 is 0 Å². The van der Waals surface area contributed by atoms with Crippen LogP contribution < -0.4 is 5.32 Å². The van der Waals surface area contributed by atoms with Gasteiger partial charge in [0, 0.05) is 42.1 Å². The molecule has 2 fully saturated rings. The number of nitrogens with zero attached hydrogens (tertiary/aromatic N) is 2. The molecule has 2 atom stereocenters. The van der Waals surface area contributed by atoms with Crippen LogP contribution in [0.4, 0.5) is 0 Å². The Bertz CT molecular complexity index is 695. The van der Waals surface area contributed by atoms with E-state index in [1.54, 1.807) is 0 Å². The number of benzene rings is 1. The lowest BCUT2D eigenvalue weighted by Gasteiger charge is -2.15. The van der Waals surface area contributed by atoms with Crippen molar-refractivity contribution in [2.75, 3.05) is 26.2 Å². The molecule has 0 aliphatic carbocycles. The quantitative estimate of drug-likeness (QED) is 0.829. The van der Waals surface area contributed by atoms with Gasteiger partial charge in [-0.3, -0.25) is 4.79 Å². The number of halogens is 3. The summed E-state index contributed by atoms with van der Waals surface area (Å²) in [6.45, 7) is 3.76. The summed E-state index contributed by atoms with van der Waals surface area (Å²) in [5.74, 6) is 1.28. The summed E-state index contributed by atoms with van der Waals surface area (Å²) < 4.78 is 0. The van der Waals surface area contributed by atoms with Crippen LogP contribution in [-0.2, 0) is 0 Å². The van der Waals surface area contributed by atoms with Crippen molar-refractivity contribution in [3.8, 4) is 10.6 Å². The zero-order valence-electron chi connectivity index (χ0n) is 12.8. The van der Waals surface area contributed by atoms with E-state index in [1.165, 1.54) is 11.3 Å². The molecule has 1 aromatic carbocycles. The molecule has 0 bridgehead atoms. The summed E-state index contributed by atoms with van der Waals surface area (Å²) in [5, 5.41) is 6.82. The fourth-order valence-electron chi connectivity index (χ4n) is 3.28. The maximum absolute atomic E-state index is 12.6. The third-order valence-electron chi connectivity index (χ3n) is 4.49. The van der Waals surface area contributed by atoms with Crippen molar-refractivity contribution >= 4 is 53.7 Å². The van der Waals surface area contributed by atoms with Crippen LogP contribution in [0.3, 0.4) is 0 Å². The van der Waals surface area contributed by atoms with E-state index in [4.69, 9.17) is 11.6 Å². The van der Waals surface area contributed by atoms with Crippen LogP contribution in [0.1, 0.15) is 10.5 Å². The van der Waals surface area contributed by atoms with Gasteiger partial charge in [0.25, 0.3) is 5.91 Å². The molecule has 0 saturated carbocycles. The molecule has 24 heavy (non-hydrogen) atoms. The van der Waals surface area contributed by atoms with E-state index in [9.17, 15) is 4.79 Å². The first-order valence-electron chi connectivity index (χ1n) is 7.42. The lowest BCUT2D eigenvalue weighted by atomic mass is 10.0. The van der Waals surface area contributed by atoms with E-state index in [0.29, 0.717) is 22.6 Å². The number of carbonyl (C=O) groups is 1. The monoisotopic (exact) mass is 405 g/mol. The van der Waals surface area contributed by atoms with Crippen molar-refractivity contribution in [1.82, 2.24) is 15.2 Å². The highest BCUT2D eigenvalue weighted by molar-refractivity contribution is 7.13. The number of hydrogen-bond acceptors (Lipinski definition) is 4. The SMILES string of the molecule is Cl.Cl.O=C(c1csc(-c2ccc(Cl)cc2)n1)N1C[C@H]2CNC[C@H]2C1. The van der Waals surface area contributed by atoms with E-state index < -0.39 is 0 Å². The number of amides is 1. The Hall–Kier alpha value is -0.850. The number of hydrogen-bond donors (Lipinski definition) is 1. The lowest BCUT2D eigenvalue weighted by Crippen LogP contribution is -2.32. The van der Waals surface area contributed by atoms with Gasteiger partial charge in [0.2, 0.25) is 0 Å². The Balaban J connectivity index is 0.00000104. The molecule has 4 nitrogen and oxygen atoms in total. The molecule has 0 radical (unpaired) electrons. The first-order valence-corrected chi connectivity index (χ1v) is 8.68. The van der Waals surface area contributed by atoms with Crippen molar-refractivity contribution in [1.29, 1.82) is 0 Å². The van der Waals surface area contributed by atoms with Gasteiger partial charge in [-0.1, -0.05) is 23.7 Å². The average Bonchev–Trinajstić information content (AvgIpc) is 3.22. The molecular weight excluding hydrogens is 389 g/mol. The second kappa shape index (κ2) is 8.02. The fraction of sp³-hybridized carbons (Fsp3) is 0.375. The molecule has 1 aromatic heterocycles. The predicted molar refractivity (Wildman–Crippen MR) is 103 cm³/mol. The van der Waals surface area contributed by atoms with Gasteiger partial charge >= 0.3 is 0 Å². The first-order chi connectivity index (χ1) is 10.7. The number of carbonyl (C=O) groups excluding carboxylic acids is 1. The van der Waals surface area contributed by atoms with Crippen LogP contribution in [0.25, 0.3) is 10.6 Å². The minimum Gasteiger partial charge on any atom is -0.337 e. The van der Waals surface area contributed by atoms with Crippen LogP contribution in [0.15, 0.2) is 29.6 Å². The largest absolute Gasteiger partial charge is 0.337 e. The summed E-state index contributed by atoms with van der Waals surface area (Å²) >= 11 is 7.41. The van der Waals surface area contributed by atoms with Gasteiger partial charge in [0.15, 0.2) is 0 Å². The molecule has 130 valence electrons. The Labute approximate surface area is 162 Å². The molecule has 2 aliphatic rings. The molecule has 2 saturated heterocycles. The van der Waals surface area contributed by atoms with E-state index in [1.807, 2.05) is 34.5 Å². The Morgan fingerprint density at radius 2 is 1.79 bits per heavy atom. The van der Waals surface area contributed by atoms with E-state index in [-0.39, 0.29) is 30.7 Å². The topological polar surface area (TPSA) is 45.2 Å². The number of nitrogens with one attached hydrogen (secondary N) is 1. The summed E-state index contributed by atoms with van der Waals surface area (Å²) in [5.41, 5.74) is 1.55. The Morgan fingerprint density at radius 1 is 1.17 bits per heavy atom. The van der Waals surface area contributed by atoms with Crippen LogP contribution >= 0.6 is 47.8 Å². The van der Waals surface area contributed by atoms with Gasteiger partial charge in [0.1, 0.15) is 10.7 Å². The van der Waals surface area contributed by atoms with Gasteiger partial charge in [-0.2, -0.15) is 0 Å². The Kier molecular flexibility index (Phi) is 6.51. The average molecular weight is 407 g/mol. The van der Waals surface area contributed by atoms with Gasteiger partial charge < -0.3 is 10.2 Å². The highest BCUT2D eigenvalue weighted by Crippen LogP contribution is 2.29. The normalized spacial score (nSPS) is 21.8. The Morgan fingerprint density at radius 3 is 2.42 bits per heavy atom. The van der Waals surface area contributed by atoms with Crippen molar-refractivity contribution < 1.29 is 4.79 Å². The molecule has 4 rings (SSSR count). The number of thiazole rings is 1. The van der Waals surface area contributed by atoms with E-state index in [0.717, 1.165) is 36.8 Å². The van der Waals surface area contributed by atoms with E-state index in [2.05, 4.69) is 10.3 Å². The summed E-state index contributed by atoms with van der Waals surface area (Å²) in [6, 6.07) is 7.55. The standard InChI is InChI=1S/C16H16ClN3OS.2ClH/c17-13-3-1-10(2-4-13)15-19-14(9-22-15)16(21)20-7-11-5-18-6-12(11)8-20;;/h1-4,9,11-12,18H,5-8H2;2*1H/t11-,12+;;. The van der Waals surface area contributed by atoms with Crippen LogP contribution in [0, 0.1) is 11.8 Å². The second-order valence-corrected chi connectivity index (χ2v) is 7.23. The van der Waals surface area contributed by atoms with Gasteiger partial charge in [-0.05, 0) is 24.0 Å². The first kappa shape index (κ1) is 19.5. The zero-order valence-corrected chi connectivity index (χ0v) is 16.0. The maximum atomic E-state index is 12.6. The van der Waals surface area contributed by atoms with Crippen molar-refractivity contribution in [2.45, 2.75) is 0 Å². The van der Waals surface area contributed by atoms with Gasteiger partial charge in [-0.15, -0.1) is 36.2 Å². The second-order valence-electron chi connectivity index (χ2n) is 5.93. The third-order valence-corrected chi connectivity index (χ3v) is 5.63. The summed E-state index contributed by atoms with van der Waals surface area (Å²) in [6.07, 6.45) is 0. The van der Waals surface area contributed by atoms with Crippen molar-refractivity contribution in [3.05, 3.63) is 40.4 Å². The highest BCUT2D eigenvalue weighted by atomic mass is 35.5. The van der Waals surface area contributed by atoms with Crippen molar-refractivity contribution in [3.63, 3.8) is 0 Å². The lowest BCUT2D eigenvalue weighted by molar-refractivity contribution is 0.0777. The minimum absolute atomic E-state index is 0. The highest BCUT2D eigenvalue weighted by Gasteiger charge is 2.38. The summed E-state index contributed by atoms with van der Waals surface area (Å²) in [4.78, 5) is 19.1. The summed E-state index contributed by atoms with van der Waals surface area (Å²) in [7, 11) is 0. The van der Waals surface area contributed by atoms with Crippen LogP contribution in [0.5, 0.6) is 0 Å². The molecule has 1 amide bonds. The van der Waals surface area contributed by atoms with Crippen LogP contribution in [0.2, 0.25) is 5.02 Å². The predicted octanol–water partition coefficient (Wildman–Crippen LogP) is 3.60. The molecule has 2 aromatic rings. The molecule has 3 heterocycles. The van der Waals surface area contributed by atoms with Crippen molar-refractivity contribution in [2.24, 2.45) is 11.8 Å². The molecule has 8 heteroatoms. The number of fused-ring (bicyclic) bond motifs is 1. The minimum atomic E-state index is 0.